The standard InChI is InChI=1S/C26H28FN3O4/c1-32-24-7-3-19-20(27)4-5-21(25(19)29-24)28-26(31)18-9-12-30(13-10-18)11-8-17-2-6-22-23(16-17)34-15-14-33-22/h2-7,16,18H,8-15H2,1H3,(H,28,31). The van der Waals surface area contributed by atoms with E-state index in [-0.39, 0.29) is 17.6 Å². The molecule has 1 amide bonds. The van der Waals surface area contributed by atoms with Crippen molar-refractivity contribution in [1.29, 1.82) is 0 Å². The molecule has 1 aromatic heterocycles. The molecule has 7 nitrogen and oxygen atoms in total. The molecule has 34 heavy (non-hydrogen) atoms. The van der Waals surface area contributed by atoms with Crippen LogP contribution in [0.4, 0.5) is 10.1 Å². The highest BCUT2D eigenvalue weighted by atomic mass is 19.1. The van der Waals surface area contributed by atoms with Gasteiger partial charge in [0.25, 0.3) is 0 Å². The topological polar surface area (TPSA) is 72.9 Å². The van der Waals surface area contributed by atoms with Gasteiger partial charge in [0.2, 0.25) is 11.8 Å². The number of carbonyl (C=O) groups excluding carboxylic acids is 1. The number of rotatable bonds is 6. The number of nitrogens with one attached hydrogen (secondary N) is 1. The number of piperidine rings is 1. The van der Waals surface area contributed by atoms with Crippen LogP contribution in [-0.4, -0.2) is 55.7 Å². The van der Waals surface area contributed by atoms with Gasteiger partial charge in [-0.1, -0.05) is 6.07 Å². The van der Waals surface area contributed by atoms with Gasteiger partial charge >= 0.3 is 0 Å². The summed E-state index contributed by atoms with van der Waals surface area (Å²) in [6.07, 6.45) is 2.48. The average molecular weight is 466 g/mol. The normalized spacial score (nSPS) is 16.4. The van der Waals surface area contributed by atoms with Gasteiger partial charge in [-0.15, -0.1) is 0 Å². The van der Waals surface area contributed by atoms with Crippen LogP contribution in [0.2, 0.25) is 0 Å². The molecule has 0 atom stereocenters. The molecule has 1 saturated heterocycles. The van der Waals surface area contributed by atoms with E-state index >= 15 is 0 Å². The molecular weight excluding hydrogens is 437 g/mol. The van der Waals surface area contributed by atoms with Crippen molar-refractivity contribution in [1.82, 2.24) is 9.88 Å². The van der Waals surface area contributed by atoms with Gasteiger partial charge in [-0.25, -0.2) is 9.37 Å². The number of ether oxygens (including phenoxy) is 3. The second-order valence-corrected chi connectivity index (χ2v) is 8.68. The lowest BCUT2D eigenvalue weighted by Gasteiger charge is -2.31. The monoisotopic (exact) mass is 465 g/mol. The number of hydrogen-bond donors (Lipinski definition) is 1. The third-order valence-corrected chi connectivity index (χ3v) is 6.53. The molecule has 2 aliphatic heterocycles. The van der Waals surface area contributed by atoms with Gasteiger partial charge in [0, 0.05) is 23.9 Å². The average Bonchev–Trinajstić information content (AvgIpc) is 2.89. The fourth-order valence-corrected chi connectivity index (χ4v) is 4.56. The molecule has 0 spiro atoms. The number of amides is 1. The SMILES string of the molecule is COc1ccc2c(F)ccc(NC(=O)C3CCN(CCc4ccc5c(c4)OCCO5)CC3)c2n1. The molecule has 3 heterocycles. The molecule has 1 fully saturated rings. The lowest BCUT2D eigenvalue weighted by atomic mass is 9.95. The van der Waals surface area contributed by atoms with Crippen molar-refractivity contribution in [2.45, 2.75) is 19.3 Å². The number of anilines is 1. The van der Waals surface area contributed by atoms with E-state index in [1.807, 2.05) is 6.07 Å². The van der Waals surface area contributed by atoms with Crippen LogP contribution in [-0.2, 0) is 11.2 Å². The van der Waals surface area contributed by atoms with Gasteiger partial charge in [0.15, 0.2) is 11.5 Å². The Hall–Kier alpha value is -3.39. The fraction of sp³-hybridized carbons (Fsp3) is 0.385. The summed E-state index contributed by atoms with van der Waals surface area (Å²) in [7, 11) is 1.51. The zero-order valence-corrected chi connectivity index (χ0v) is 19.2. The predicted octanol–water partition coefficient (Wildman–Crippen LogP) is 4.05. The Morgan fingerprint density at radius 3 is 2.71 bits per heavy atom. The summed E-state index contributed by atoms with van der Waals surface area (Å²) < 4.78 is 30.6. The Bertz CT molecular complexity index is 1190. The largest absolute Gasteiger partial charge is 0.486 e. The minimum Gasteiger partial charge on any atom is -0.486 e. The van der Waals surface area contributed by atoms with Crippen LogP contribution in [0.15, 0.2) is 42.5 Å². The lowest BCUT2D eigenvalue weighted by Crippen LogP contribution is -2.39. The number of halogens is 1. The summed E-state index contributed by atoms with van der Waals surface area (Å²) in [6, 6.07) is 12.3. The zero-order valence-electron chi connectivity index (χ0n) is 19.2. The third-order valence-electron chi connectivity index (χ3n) is 6.53. The summed E-state index contributed by atoms with van der Waals surface area (Å²) in [6.45, 7) is 3.83. The lowest BCUT2D eigenvalue weighted by molar-refractivity contribution is -0.121. The number of aromatic nitrogens is 1. The fourth-order valence-electron chi connectivity index (χ4n) is 4.56. The maximum absolute atomic E-state index is 14.2. The van der Waals surface area contributed by atoms with Gasteiger partial charge in [-0.2, -0.15) is 0 Å². The molecule has 0 unspecified atom stereocenters. The minimum absolute atomic E-state index is 0.0518. The Kier molecular flexibility index (Phi) is 6.49. The number of likely N-dealkylation sites (tertiary alicyclic amines) is 1. The number of nitrogens with zero attached hydrogens (tertiary/aromatic N) is 2. The Balaban J connectivity index is 1.16. The van der Waals surface area contributed by atoms with Crippen LogP contribution in [0, 0.1) is 11.7 Å². The van der Waals surface area contributed by atoms with Gasteiger partial charge < -0.3 is 24.4 Å². The van der Waals surface area contributed by atoms with E-state index in [0.717, 1.165) is 50.4 Å². The maximum Gasteiger partial charge on any atom is 0.227 e. The van der Waals surface area contributed by atoms with Crippen LogP contribution in [0.3, 0.4) is 0 Å². The Morgan fingerprint density at radius 2 is 1.91 bits per heavy atom. The summed E-state index contributed by atoms with van der Waals surface area (Å²) in [4.78, 5) is 19.7. The summed E-state index contributed by atoms with van der Waals surface area (Å²) in [5, 5.41) is 3.32. The molecule has 2 aliphatic rings. The molecule has 0 bridgehead atoms. The number of methoxy groups -OCH3 is 1. The van der Waals surface area contributed by atoms with E-state index in [4.69, 9.17) is 14.2 Å². The molecule has 178 valence electrons. The number of fused-ring (bicyclic) bond motifs is 2. The third kappa shape index (κ3) is 4.77. The van der Waals surface area contributed by atoms with E-state index in [0.29, 0.717) is 35.7 Å². The van der Waals surface area contributed by atoms with Crippen LogP contribution in [0.25, 0.3) is 10.9 Å². The highest BCUT2D eigenvalue weighted by molar-refractivity contribution is 6.01. The van der Waals surface area contributed by atoms with Gasteiger partial charge in [-0.3, -0.25) is 4.79 Å². The first-order valence-electron chi connectivity index (χ1n) is 11.7. The predicted molar refractivity (Wildman–Crippen MR) is 127 cm³/mol. The van der Waals surface area contributed by atoms with Crippen molar-refractivity contribution in [3.05, 3.63) is 53.8 Å². The molecule has 0 radical (unpaired) electrons. The van der Waals surface area contributed by atoms with Crippen molar-refractivity contribution in [3.8, 4) is 17.4 Å². The van der Waals surface area contributed by atoms with Gasteiger partial charge in [0.05, 0.1) is 12.8 Å². The summed E-state index contributed by atoms with van der Waals surface area (Å²) in [5.41, 5.74) is 2.11. The van der Waals surface area contributed by atoms with Crippen molar-refractivity contribution in [3.63, 3.8) is 0 Å². The molecule has 0 saturated carbocycles. The first-order chi connectivity index (χ1) is 16.6. The van der Waals surface area contributed by atoms with Crippen molar-refractivity contribution in [2.75, 3.05) is 45.3 Å². The first kappa shape index (κ1) is 22.4. The van der Waals surface area contributed by atoms with Crippen molar-refractivity contribution >= 4 is 22.5 Å². The maximum atomic E-state index is 14.2. The number of carbonyl (C=O) groups is 1. The zero-order chi connectivity index (χ0) is 23.5. The highest BCUT2D eigenvalue weighted by Crippen LogP contribution is 2.31. The smallest absolute Gasteiger partial charge is 0.227 e. The van der Waals surface area contributed by atoms with Crippen LogP contribution in [0.5, 0.6) is 17.4 Å². The van der Waals surface area contributed by atoms with E-state index < -0.39 is 0 Å². The molecule has 8 heteroatoms. The molecule has 3 aromatic rings. The summed E-state index contributed by atoms with van der Waals surface area (Å²) >= 11 is 0. The summed E-state index contributed by atoms with van der Waals surface area (Å²) in [5.74, 6) is 1.48. The van der Waals surface area contributed by atoms with Crippen LogP contribution >= 0.6 is 0 Å². The molecule has 1 N–H and O–H groups in total. The number of benzene rings is 2. The molecule has 0 aliphatic carbocycles. The first-order valence-corrected chi connectivity index (χ1v) is 11.7. The van der Waals surface area contributed by atoms with Gasteiger partial charge in [0.1, 0.15) is 24.5 Å². The van der Waals surface area contributed by atoms with E-state index in [9.17, 15) is 9.18 Å². The number of pyridine rings is 1. The minimum atomic E-state index is -0.380. The molecular formula is C26H28FN3O4. The Labute approximate surface area is 197 Å². The molecule has 5 rings (SSSR count). The second kappa shape index (κ2) is 9.85. The van der Waals surface area contributed by atoms with Crippen LogP contribution < -0.4 is 19.5 Å². The molecule has 2 aromatic carbocycles. The van der Waals surface area contributed by atoms with Gasteiger partial charge in [-0.05, 0) is 68.2 Å². The van der Waals surface area contributed by atoms with Crippen LogP contribution in [0.1, 0.15) is 18.4 Å². The van der Waals surface area contributed by atoms with E-state index in [2.05, 4.69) is 27.3 Å². The number of hydrogen-bond acceptors (Lipinski definition) is 6. The van der Waals surface area contributed by atoms with Crippen molar-refractivity contribution in [2.24, 2.45) is 5.92 Å². The quantitative estimate of drug-likeness (QED) is 0.592. The second-order valence-electron chi connectivity index (χ2n) is 8.68. The Morgan fingerprint density at radius 1 is 1.12 bits per heavy atom. The highest BCUT2D eigenvalue weighted by Gasteiger charge is 2.26. The van der Waals surface area contributed by atoms with E-state index in [1.165, 1.54) is 18.7 Å². The van der Waals surface area contributed by atoms with E-state index in [1.54, 1.807) is 18.2 Å². The van der Waals surface area contributed by atoms with Crippen molar-refractivity contribution < 1.29 is 23.4 Å².